The fourth-order valence-electron chi connectivity index (χ4n) is 2.29. The first-order chi connectivity index (χ1) is 11.1. The number of carbonyl (C=O) groups excluding carboxylic acids is 1. The van der Waals surface area contributed by atoms with Crippen LogP contribution in [0.4, 0.5) is 21.8 Å². The summed E-state index contributed by atoms with van der Waals surface area (Å²) < 4.78 is 13.2. The predicted octanol–water partition coefficient (Wildman–Crippen LogP) is 2.52. The van der Waals surface area contributed by atoms with Crippen LogP contribution in [0.5, 0.6) is 0 Å². The maximum atomic E-state index is 13.2. The van der Waals surface area contributed by atoms with E-state index >= 15 is 0 Å². The number of primary amides is 1. The van der Waals surface area contributed by atoms with E-state index in [2.05, 4.69) is 20.6 Å². The van der Waals surface area contributed by atoms with Gasteiger partial charge in [0.1, 0.15) is 11.6 Å². The first-order valence-corrected chi connectivity index (χ1v) is 7.53. The number of aromatic nitrogens is 2. The van der Waals surface area contributed by atoms with Gasteiger partial charge in [-0.3, -0.25) is 4.79 Å². The van der Waals surface area contributed by atoms with E-state index in [0.717, 1.165) is 18.4 Å². The monoisotopic (exact) mass is 315 g/mol. The summed E-state index contributed by atoms with van der Waals surface area (Å²) in [5, 5.41) is 6.11. The first kappa shape index (κ1) is 15.2. The smallest absolute Gasteiger partial charge is 0.229 e. The fraction of sp³-hybridized carbons (Fsp3) is 0.312. The fourth-order valence-corrected chi connectivity index (χ4v) is 2.29. The Bertz CT molecular complexity index is 717. The van der Waals surface area contributed by atoms with Crippen molar-refractivity contribution >= 4 is 23.4 Å². The number of nitrogens with two attached hydrogens (primary N) is 1. The molecule has 1 aliphatic rings. The van der Waals surface area contributed by atoms with Crippen molar-refractivity contribution in [3.8, 4) is 0 Å². The van der Waals surface area contributed by atoms with Gasteiger partial charge < -0.3 is 16.4 Å². The molecule has 6 nitrogen and oxygen atoms in total. The molecule has 23 heavy (non-hydrogen) atoms. The molecule has 120 valence electrons. The first-order valence-electron chi connectivity index (χ1n) is 7.53. The van der Waals surface area contributed by atoms with Crippen LogP contribution < -0.4 is 16.4 Å². The molecule has 0 atom stereocenters. The molecule has 1 aliphatic carbocycles. The lowest BCUT2D eigenvalue weighted by Crippen LogP contribution is -2.17. The van der Waals surface area contributed by atoms with Crippen molar-refractivity contribution in [3.63, 3.8) is 0 Å². The molecule has 4 N–H and O–H groups in total. The van der Waals surface area contributed by atoms with Crippen LogP contribution in [0.25, 0.3) is 0 Å². The van der Waals surface area contributed by atoms with E-state index < -0.39 is 0 Å². The van der Waals surface area contributed by atoms with Crippen LogP contribution >= 0.6 is 0 Å². The molecule has 0 spiro atoms. The average molecular weight is 315 g/mol. The molecular weight excluding hydrogens is 297 g/mol. The summed E-state index contributed by atoms with van der Waals surface area (Å²) in [5.74, 6) is 0.848. The zero-order chi connectivity index (χ0) is 16.2. The number of hydrogen-bond acceptors (Lipinski definition) is 5. The van der Waals surface area contributed by atoms with Gasteiger partial charge in [0, 0.05) is 30.4 Å². The molecule has 1 aromatic carbocycles. The van der Waals surface area contributed by atoms with E-state index in [1.807, 2.05) is 0 Å². The van der Waals surface area contributed by atoms with Gasteiger partial charge in [-0.05, 0) is 37.0 Å². The second-order valence-electron chi connectivity index (χ2n) is 5.55. The van der Waals surface area contributed by atoms with Crippen LogP contribution in [0.15, 0.2) is 30.5 Å². The summed E-state index contributed by atoms with van der Waals surface area (Å²) in [6.45, 7) is 0.422. The van der Waals surface area contributed by atoms with E-state index in [1.165, 1.54) is 12.1 Å². The lowest BCUT2D eigenvalue weighted by molar-refractivity contribution is -0.117. The highest BCUT2D eigenvalue weighted by molar-refractivity contribution is 5.74. The van der Waals surface area contributed by atoms with Crippen molar-refractivity contribution in [3.05, 3.63) is 41.8 Å². The van der Waals surface area contributed by atoms with E-state index in [1.54, 1.807) is 18.3 Å². The van der Waals surface area contributed by atoms with E-state index in [0.29, 0.717) is 29.9 Å². The summed E-state index contributed by atoms with van der Waals surface area (Å²) in [7, 11) is 0. The van der Waals surface area contributed by atoms with Crippen molar-refractivity contribution in [1.29, 1.82) is 0 Å². The van der Waals surface area contributed by atoms with Gasteiger partial charge in [0.05, 0.1) is 0 Å². The third kappa shape index (κ3) is 4.15. The minimum absolute atomic E-state index is 0.237. The maximum absolute atomic E-state index is 13.2. The van der Waals surface area contributed by atoms with Gasteiger partial charge in [0.15, 0.2) is 0 Å². The number of nitrogens with zero attached hydrogens (tertiary/aromatic N) is 2. The molecule has 2 aromatic rings. The topological polar surface area (TPSA) is 92.9 Å². The molecule has 3 rings (SSSR count). The summed E-state index contributed by atoms with van der Waals surface area (Å²) in [5.41, 5.74) is 6.77. The number of nitrogens with one attached hydrogen (secondary N) is 2. The number of halogens is 1. The van der Waals surface area contributed by atoms with Crippen LogP contribution in [0.1, 0.15) is 30.7 Å². The van der Waals surface area contributed by atoms with Crippen molar-refractivity contribution in [2.45, 2.75) is 25.2 Å². The summed E-state index contributed by atoms with van der Waals surface area (Å²) in [6, 6.07) is 6.10. The van der Waals surface area contributed by atoms with Crippen molar-refractivity contribution in [2.24, 2.45) is 5.73 Å². The van der Waals surface area contributed by atoms with Gasteiger partial charge in [-0.1, -0.05) is 6.07 Å². The van der Waals surface area contributed by atoms with E-state index in [-0.39, 0.29) is 18.1 Å². The highest BCUT2D eigenvalue weighted by Gasteiger charge is 2.27. The average Bonchev–Trinajstić information content (AvgIpc) is 3.32. The molecule has 1 amide bonds. The van der Waals surface area contributed by atoms with E-state index in [4.69, 9.17) is 5.73 Å². The van der Waals surface area contributed by atoms with Crippen molar-refractivity contribution < 1.29 is 9.18 Å². The Morgan fingerprint density at radius 3 is 2.91 bits per heavy atom. The number of carbonyl (C=O) groups is 1. The SMILES string of the molecule is NC(=O)CCNc1nc(Nc2cccc(F)c2)ncc1C1CC1. The Hall–Kier alpha value is -2.70. The lowest BCUT2D eigenvalue weighted by Gasteiger charge is -2.12. The Balaban J connectivity index is 1.77. The largest absolute Gasteiger partial charge is 0.370 e. The van der Waals surface area contributed by atoms with Crippen LogP contribution in [0.3, 0.4) is 0 Å². The van der Waals surface area contributed by atoms with Crippen molar-refractivity contribution in [1.82, 2.24) is 9.97 Å². The normalized spacial score (nSPS) is 13.6. The molecule has 0 unspecified atom stereocenters. The van der Waals surface area contributed by atoms with Crippen LogP contribution in [0.2, 0.25) is 0 Å². The second-order valence-corrected chi connectivity index (χ2v) is 5.55. The Labute approximate surface area is 133 Å². The molecule has 7 heteroatoms. The van der Waals surface area contributed by atoms with Gasteiger partial charge in [-0.15, -0.1) is 0 Å². The standard InChI is InChI=1S/C16H18FN5O/c17-11-2-1-3-12(8-11)21-16-20-9-13(10-4-5-10)15(22-16)19-7-6-14(18)23/h1-3,8-10H,4-7H2,(H2,18,23)(H2,19,20,21,22). The molecule has 0 aliphatic heterocycles. The van der Waals surface area contributed by atoms with Gasteiger partial charge in [0.25, 0.3) is 0 Å². The number of benzene rings is 1. The van der Waals surface area contributed by atoms with Gasteiger partial charge in [0.2, 0.25) is 11.9 Å². The highest BCUT2D eigenvalue weighted by Crippen LogP contribution is 2.42. The van der Waals surface area contributed by atoms with E-state index in [9.17, 15) is 9.18 Å². The molecule has 0 radical (unpaired) electrons. The summed E-state index contributed by atoms with van der Waals surface area (Å²) in [4.78, 5) is 19.6. The minimum atomic E-state index is -0.363. The number of hydrogen-bond donors (Lipinski definition) is 3. The zero-order valence-corrected chi connectivity index (χ0v) is 12.6. The number of anilines is 3. The lowest BCUT2D eigenvalue weighted by atomic mass is 10.2. The van der Waals surface area contributed by atoms with Gasteiger partial charge >= 0.3 is 0 Å². The zero-order valence-electron chi connectivity index (χ0n) is 12.6. The van der Waals surface area contributed by atoms with Crippen molar-refractivity contribution in [2.75, 3.05) is 17.2 Å². The molecule has 0 saturated heterocycles. The third-order valence-corrected chi connectivity index (χ3v) is 3.58. The van der Waals surface area contributed by atoms with Crippen LogP contribution in [-0.2, 0) is 4.79 Å². The molecule has 1 fully saturated rings. The number of rotatable bonds is 7. The number of amides is 1. The molecular formula is C16H18FN5O. The van der Waals surface area contributed by atoms with Crippen LogP contribution in [0, 0.1) is 5.82 Å². The highest BCUT2D eigenvalue weighted by atomic mass is 19.1. The quantitative estimate of drug-likeness (QED) is 0.730. The minimum Gasteiger partial charge on any atom is -0.370 e. The summed E-state index contributed by atoms with van der Waals surface area (Å²) >= 11 is 0. The molecule has 1 aromatic heterocycles. The predicted molar refractivity (Wildman–Crippen MR) is 86.0 cm³/mol. The Morgan fingerprint density at radius 1 is 1.39 bits per heavy atom. The van der Waals surface area contributed by atoms with Crippen LogP contribution in [-0.4, -0.2) is 22.4 Å². The van der Waals surface area contributed by atoms with Gasteiger partial charge in [-0.2, -0.15) is 4.98 Å². The summed E-state index contributed by atoms with van der Waals surface area (Å²) in [6.07, 6.45) is 4.24. The molecule has 1 saturated carbocycles. The maximum Gasteiger partial charge on any atom is 0.229 e. The Morgan fingerprint density at radius 2 is 2.22 bits per heavy atom. The molecule has 1 heterocycles. The Kier molecular flexibility index (Phi) is 4.36. The third-order valence-electron chi connectivity index (χ3n) is 3.58. The second kappa shape index (κ2) is 6.60. The van der Waals surface area contributed by atoms with Gasteiger partial charge in [-0.25, -0.2) is 9.37 Å². The molecule has 0 bridgehead atoms.